The van der Waals surface area contributed by atoms with Crippen molar-refractivity contribution in [1.82, 2.24) is 0 Å². The lowest BCUT2D eigenvalue weighted by Crippen LogP contribution is -1.96. The summed E-state index contributed by atoms with van der Waals surface area (Å²) in [4.78, 5) is 0. The maximum absolute atomic E-state index is 4.80. The predicted molar refractivity (Wildman–Crippen MR) is 178 cm³/mol. The van der Waals surface area contributed by atoms with Crippen LogP contribution in [-0.2, 0) is 19.3 Å². The Morgan fingerprint density at radius 2 is 1.34 bits per heavy atom. The lowest BCUT2D eigenvalue weighted by Gasteiger charge is -2.16. The molecule has 0 atom stereocenters. The summed E-state index contributed by atoms with van der Waals surface area (Å²) in [5, 5.41) is 9.60. The van der Waals surface area contributed by atoms with Crippen molar-refractivity contribution in [2.45, 2.75) is 86.0 Å². The molecule has 0 unspecified atom stereocenters. The standard InChI is InChI=1S/C39H46N2/c1-6-10-18-34-28-36(27-31(8-3)39(34)33-21-16-13-17-22-33)41-40-35(9-4)25-30-24-29(5)37(23-11-7-2)38(26-30)32-19-14-12-15-20-32/h12-17,19-22,24-28H,6-11,18,23H2,1-5H3. The SMILES string of the molecule is CCCCc1cc(N=NC(=Cc2cc(C)c(CCCC)c(-c3ccccc3)c2)CC)cc(CC)c1-c1ccccc1. The van der Waals surface area contributed by atoms with Crippen LogP contribution in [-0.4, -0.2) is 0 Å². The third-order valence-electron chi connectivity index (χ3n) is 7.88. The van der Waals surface area contributed by atoms with Crippen molar-refractivity contribution in [2.24, 2.45) is 10.2 Å². The third-order valence-corrected chi connectivity index (χ3v) is 7.88. The van der Waals surface area contributed by atoms with Crippen LogP contribution in [0.1, 0.15) is 87.6 Å². The Labute approximate surface area is 248 Å². The molecule has 0 spiro atoms. The van der Waals surface area contributed by atoms with E-state index < -0.39 is 0 Å². The minimum atomic E-state index is 0.826. The number of hydrogen-bond donors (Lipinski definition) is 0. The van der Waals surface area contributed by atoms with E-state index in [0.717, 1.165) is 37.1 Å². The second kappa shape index (κ2) is 15.3. The van der Waals surface area contributed by atoms with Gasteiger partial charge in [0.25, 0.3) is 0 Å². The lowest BCUT2D eigenvalue weighted by atomic mass is 9.90. The maximum atomic E-state index is 4.80. The van der Waals surface area contributed by atoms with Gasteiger partial charge in [0.2, 0.25) is 0 Å². The quantitative estimate of drug-likeness (QED) is 0.150. The van der Waals surface area contributed by atoms with Gasteiger partial charge in [0.05, 0.1) is 11.4 Å². The fourth-order valence-corrected chi connectivity index (χ4v) is 5.63. The number of unbranched alkanes of at least 4 members (excludes halogenated alkanes) is 2. The van der Waals surface area contributed by atoms with Gasteiger partial charge in [-0.1, -0.05) is 107 Å². The van der Waals surface area contributed by atoms with Crippen LogP contribution in [0.5, 0.6) is 0 Å². The first-order chi connectivity index (χ1) is 20.1. The van der Waals surface area contributed by atoms with Gasteiger partial charge in [-0.3, -0.25) is 0 Å². The molecule has 0 heterocycles. The molecule has 0 amide bonds. The minimum Gasteiger partial charge on any atom is -0.155 e. The highest BCUT2D eigenvalue weighted by molar-refractivity contribution is 5.74. The Morgan fingerprint density at radius 3 is 1.98 bits per heavy atom. The van der Waals surface area contributed by atoms with E-state index in [1.165, 1.54) is 75.8 Å². The van der Waals surface area contributed by atoms with Crippen LogP contribution in [0.2, 0.25) is 0 Å². The summed E-state index contributed by atoms with van der Waals surface area (Å²) in [5.41, 5.74) is 13.9. The van der Waals surface area contributed by atoms with Crippen molar-refractivity contribution in [1.29, 1.82) is 0 Å². The van der Waals surface area contributed by atoms with Gasteiger partial charge >= 0.3 is 0 Å². The van der Waals surface area contributed by atoms with E-state index in [2.05, 4.69) is 126 Å². The summed E-state index contributed by atoms with van der Waals surface area (Å²) in [6.07, 6.45) is 10.9. The summed E-state index contributed by atoms with van der Waals surface area (Å²) in [6, 6.07) is 30.7. The topological polar surface area (TPSA) is 24.7 Å². The lowest BCUT2D eigenvalue weighted by molar-refractivity contribution is 0.792. The van der Waals surface area contributed by atoms with Crippen LogP contribution in [0.15, 0.2) is 101 Å². The fourth-order valence-electron chi connectivity index (χ4n) is 5.63. The molecule has 2 nitrogen and oxygen atoms in total. The molecule has 0 bridgehead atoms. The van der Waals surface area contributed by atoms with Crippen LogP contribution < -0.4 is 0 Å². The molecular formula is C39H46N2. The highest BCUT2D eigenvalue weighted by Gasteiger charge is 2.13. The second-order valence-corrected chi connectivity index (χ2v) is 11.0. The van der Waals surface area contributed by atoms with E-state index in [0.29, 0.717) is 0 Å². The van der Waals surface area contributed by atoms with Crippen molar-refractivity contribution < 1.29 is 0 Å². The van der Waals surface area contributed by atoms with E-state index in [1.54, 1.807) is 0 Å². The second-order valence-electron chi connectivity index (χ2n) is 11.0. The number of nitrogens with zero attached hydrogens (tertiary/aromatic N) is 2. The summed E-state index contributed by atoms with van der Waals surface area (Å²) in [7, 11) is 0. The zero-order valence-corrected chi connectivity index (χ0v) is 25.7. The fraction of sp³-hybridized carbons (Fsp3) is 0.333. The van der Waals surface area contributed by atoms with E-state index in [4.69, 9.17) is 10.2 Å². The van der Waals surface area contributed by atoms with Crippen LogP contribution in [0.4, 0.5) is 5.69 Å². The van der Waals surface area contributed by atoms with E-state index in [-0.39, 0.29) is 0 Å². The number of hydrogen-bond acceptors (Lipinski definition) is 2. The van der Waals surface area contributed by atoms with Crippen molar-refractivity contribution in [3.05, 3.63) is 118 Å². The van der Waals surface area contributed by atoms with Gasteiger partial charge in [0.15, 0.2) is 0 Å². The van der Waals surface area contributed by atoms with Gasteiger partial charge in [-0.25, -0.2) is 0 Å². The first-order valence-electron chi connectivity index (χ1n) is 15.6. The molecule has 0 aliphatic rings. The Balaban J connectivity index is 1.71. The normalized spacial score (nSPS) is 11.9. The largest absolute Gasteiger partial charge is 0.155 e. The van der Waals surface area contributed by atoms with Crippen molar-refractivity contribution in [3.8, 4) is 22.3 Å². The van der Waals surface area contributed by atoms with Crippen LogP contribution in [0, 0.1) is 6.92 Å². The van der Waals surface area contributed by atoms with Crippen LogP contribution >= 0.6 is 0 Å². The van der Waals surface area contributed by atoms with Gasteiger partial charge in [-0.15, -0.1) is 0 Å². The Kier molecular flexibility index (Phi) is 11.3. The molecule has 4 rings (SSSR count). The molecule has 41 heavy (non-hydrogen) atoms. The molecule has 4 aromatic rings. The highest BCUT2D eigenvalue weighted by atomic mass is 15.1. The smallest absolute Gasteiger partial charge is 0.0862 e. The van der Waals surface area contributed by atoms with Gasteiger partial charge in [-0.05, 0) is 120 Å². The van der Waals surface area contributed by atoms with E-state index in [1.807, 2.05) is 0 Å². The van der Waals surface area contributed by atoms with Gasteiger partial charge < -0.3 is 0 Å². The Morgan fingerprint density at radius 1 is 0.707 bits per heavy atom. The van der Waals surface area contributed by atoms with E-state index >= 15 is 0 Å². The molecule has 2 heteroatoms. The molecule has 0 fully saturated rings. The Bertz CT molecular complexity index is 1460. The number of rotatable bonds is 13. The van der Waals surface area contributed by atoms with Crippen molar-refractivity contribution in [2.75, 3.05) is 0 Å². The van der Waals surface area contributed by atoms with Gasteiger partial charge in [0.1, 0.15) is 0 Å². The third kappa shape index (κ3) is 7.91. The number of allylic oxidation sites excluding steroid dienone is 1. The molecule has 0 aliphatic carbocycles. The van der Waals surface area contributed by atoms with Crippen molar-refractivity contribution >= 4 is 11.8 Å². The summed E-state index contributed by atoms with van der Waals surface area (Å²) in [5.74, 6) is 0. The van der Waals surface area contributed by atoms with E-state index in [9.17, 15) is 0 Å². The first kappa shape index (κ1) is 30.2. The summed E-state index contributed by atoms with van der Waals surface area (Å²) in [6.45, 7) is 11.2. The molecule has 212 valence electrons. The maximum Gasteiger partial charge on any atom is 0.0862 e. The highest BCUT2D eigenvalue weighted by Crippen LogP contribution is 2.34. The number of aryl methyl sites for hydroxylation is 3. The van der Waals surface area contributed by atoms with Crippen LogP contribution in [0.3, 0.4) is 0 Å². The molecule has 0 aromatic heterocycles. The summed E-state index contributed by atoms with van der Waals surface area (Å²) < 4.78 is 0. The molecule has 0 aliphatic heterocycles. The molecule has 0 N–H and O–H groups in total. The Hall–Kier alpha value is -3.78. The zero-order valence-electron chi connectivity index (χ0n) is 25.7. The average Bonchev–Trinajstić information content (AvgIpc) is 3.01. The summed E-state index contributed by atoms with van der Waals surface area (Å²) >= 11 is 0. The molecule has 0 saturated heterocycles. The van der Waals surface area contributed by atoms with Gasteiger partial charge in [-0.2, -0.15) is 10.2 Å². The van der Waals surface area contributed by atoms with Crippen molar-refractivity contribution in [3.63, 3.8) is 0 Å². The first-order valence-corrected chi connectivity index (χ1v) is 15.6. The predicted octanol–water partition coefficient (Wildman–Crippen LogP) is 12.1. The number of benzene rings is 4. The van der Waals surface area contributed by atoms with Crippen LogP contribution in [0.25, 0.3) is 28.3 Å². The average molecular weight is 543 g/mol. The minimum absolute atomic E-state index is 0.826. The molecule has 0 radical (unpaired) electrons. The number of azo groups is 1. The molecular weight excluding hydrogens is 496 g/mol. The molecule has 4 aromatic carbocycles. The van der Waals surface area contributed by atoms with Gasteiger partial charge in [0, 0.05) is 0 Å². The zero-order chi connectivity index (χ0) is 29.0. The molecule has 0 saturated carbocycles. The monoisotopic (exact) mass is 542 g/mol.